The van der Waals surface area contributed by atoms with Crippen molar-refractivity contribution in [1.29, 1.82) is 0 Å². The Balaban J connectivity index is 2.29. The molecule has 0 spiro atoms. The first kappa shape index (κ1) is 12.0. The summed E-state index contributed by atoms with van der Waals surface area (Å²) in [4.78, 5) is 0. The van der Waals surface area contributed by atoms with Crippen LogP contribution in [0.5, 0.6) is 0 Å². The van der Waals surface area contributed by atoms with E-state index in [0.717, 1.165) is 31.1 Å². The Bertz CT molecular complexity index is 149. The fourth-order valence-corrected chi connectivity index (χ4v) is 2.58. The van der Waals surface area contributed by atoms with E-state index < -0.39 is 0 Å². The predicted octanol–water partition coefficient (Wildman–Crippen LogP) is 2.44. The quantitative estimate of drug-likeness (QED) is 0.687. The summed E-state index contributed by atoms with van der Waals surface area (Å²) in [5, 5.41) is 3.45. The van der Waals surface area contributed by atoms with E-state index in [1.807, 2.05) is 0 Å². The van der Waals surface area contributed by atoms with Gasteiger partial charge in [0.1, 0.15) is 0 Å². The van der Waals surface area contributed by atoms with E-state index in [4.69, 9.17) is 4.74 Å². The lowest BCUT2D eigenvalue weighted by molar-refractivity contribution is 0.108. The average molecular weight is 199 g/mol. The third-order valence-corrected chi connectivity index (χ3v) is 3.45. The van der Waals surface area contributed by atoms with Crippen LogP contribution in [0.25, 0.3) is 0 Å². The van der Waals surface area contributed by atoms with Crippen molar-refractivity contribution in [3.05, 3.63) is 0 Å². The minimum Gasteiger partial charge on any atom is -0.382 e. The first-order valence-corrected chi connectivity index (χ1v) is 6.03. The zero-order chi connectivity index (χ0) is 10.4. The van der Waals surface area contributed by atoms with Gasteiger partial charge in [0.2, 0.25) is 0 Å². The van der Waals surface area contributed by atoms with Crippen molar-refractivity contribution in [2.45, 2.75) is 45.6 Å². The molecule has 1 N–H and O–H groups in total. The van der Waals surface area contributed by atoms with Gasteiger partial charge < -0.3 is 10.1 Å². The van der Waals surface area contributed by atoms with E-state index in [9.17, 15) is 0 Å². The smallest absolute Gasteiger partial charge is 0.0469 e. The van der Waals surface area contributed by atoms with Crippen molar-refractivity contribution in [3.8, 4) is 0 Å². The van der Waals surface area contributed by atoms with E-state index in [1.54, 1.807) is 0 Å². The summed E-state index contributed by atoms with van der Waals surface area (Å²) in [7, 11) is 2.09. The molecule has 1 aliphatic carbocycles. The van der Waals surface area contributed by atoms with Crippen LogP contribution in [0.15, 0.2) is 0 Å². The summed E-state index contributed by atoms with van der Waals surface area (Å²) in [6.45, 7) is 6.23. The normalized spacial score (nSPS) is 33.2. The fourth-order valence-electron chi connectivity index (χ4n) is 2.58. The van der Waals surface area contributed by atoms with Crippen molar-refractivity contribution in [2.24, 2.45) is 11.8 Å². The first-order valence-electron chi connectivity index (χ1n) is 6.03. The number of hydrogen-bond acceptors (Lipinski definition) is 2. The Morgan fingerprint density at radius 2 is 2.14 bits per heavy atom. The minimum absolute atomic E-state index is 0.728. The summed E-state index contributed by atoms with van der Waals surface area (Å²) in [5.41, 5.74) is 0. The van der Waals surface area contributed by atoms with E-state index in [-0.39, 0.29) is 0 Å². The Hall–Kier alpha value is -0.0800. The first-order chi connectivity index (χ1) is 6.77. The second kappa shape index (κ2) is 6.41. The molecule has 1 aliphatic rings. The SMILES string of the molecule is CCOCCC1CC(C)CCC1NC. The van der Waals surface area contributed by atoms with Gasteiger partial charge in [-0.05, 0) is 51.5 Å². The number of nitrogens with one attached hydrogen (secondary N) is 1. The molecule has 14 heavy (non-hydrogen) atoms. The minimum atomic E-state index is 0.728. The summed E-state index contributed by atoms with van der Waals surface area (Å²) in [6.07, 6.45) is 5.33. The monoisotopic (exact) mass is 199 g/mol. The summed E-state index contributed by atoms with van der Waals surface area (Å²) < 4.78 is 5.44. The van der Waals surface area contributed by atoms with Crippen LogP contribution in [0.2, 0.25) is 0 Å². The van der Waals surface area contributed by atoms with Crippen molar-refractivity contribution in [2.75, 3.05) is 20.3 Å². The lowest BCUT2D eigenvalue weighted by Gasteiger charge is -2.34. The molecule has 0 aromatic carbocycles. The molecule has 3 atom stereocenters. The molecule has 1 fully saturated rings. The van der Waals surface area contributed by atoms with Gasteiger partial charge in [-0.3, -0.25) is 0 Å². The topological polar surface area (TPSA) is 21.3 Å². The highest BCUT2D eigenvalue weighted by Crippen LogP contribution is 2.30. The van der Waals surface area contributed by atoms with Crippen molar-refractivity contribution in [3.63, 3.8) is 0 Å². The molecule has 0 saturated heterocycles. The van der Waals surface area contributed by atoms with Gasteiger partial charge in [-0.1, -0.05) is 6.92 Å². The van der Waals surface area contributed by atoms with Gasteiger partial charge in [0.25, 0.3) is 0 Å². The van der Waals surface area contributed by atoms with Gasteiger partial charge >= 0.3 is 0 Å². The molecule has 3 unspecified atom stereocenters. The van der Waals surface area contributed by atoms with Crippen LogP contribution in [0.4, 0.5) is 0 Å². The lowest BCUT2D eigenvalue weighted by Crippen LogP contribution is -2.38. The van der Waals surface area contributed by atoms with Gasteiger partial charge in [0.15, 0.2) is 0 Å². The van der Waals surface area contributed by atoms with Crippen LogP contribution in [-0.4, -0.2) is 26.3 Å². The molecule has 0 radical (unpaired) electrons. The largest absolute Gasteiger partial charge is 0.382 e. The maximum absolute atomic E-state index is 5.44. The second-order valence-corrected chi connectivity index (χ2v) is 4.56. The number of ether oxygens (including phenoxy) is 1. The van der Waals surface area contributed by atoms with Crippen LogP contribution in [0.3, 0.4) is 0 Å². The third kappa shape index (κ3) is 3.58. The Kier molecular flexibility index (Phi) is 5.49. The molecule has 0 aromatic rings. The van der Waals surface area contributed by atoms with Gasteiger partial charge in [-0.25, -0.2) is 0 Å². The molecule has 0 amide bonds. The standard InChI is InChI=1S/C12H25NO/c1-4-14-8-7-11-9-10(2)5-6-12(11)13-3/h10-13H,4-9H2,1-3H3. The molecule has 1 saturated carbocycles. The fraction of sp³-hybridized carbons (Fsp3) is 1.00. The lowest BCUT2D eigenvalue weighted by atomic mass is 9.77. The molecule has 1 rings (SSSR count). The van der Waals surface area contributed by atoms with Crippen molar-refractivity contribution < 1.29 is 4.74 Å². The Morgan fingerprint density at radius 3 is 2.79 bits per heavy atom. The van der Waals surface area contributed by atoms with Gasteiger partial charge in [0.05, 0.1) is 0 Å². The molecular weight excluding hydrogens is 174 g/mol. The second-order valence-electron chi connectivity index (χ2n) is 4.56. The zero-order valence-corrected chi connectivity index (χ0v) is 9.88. The zero-order valence-electron chi connectivity index (χ0n) is 9.88. The highest BCUT2D eigenvalue weighted by Gasteiger charge is 2.26. The summed E-state index contributed by atoms with van der Waals surface area (Å²) in [5.74, 6) is 1.74. The van der Waals surface area contributed by atoms with E-state index >= 15 is 0 Å². The summed E-state index contributed by atoms with van der Waals surface area (Å²) >= 11 is 0. The highest BCUT2D eigenvalue weighted by atomic mass is 16.5. The third-order valence-electron chi connectivity index (χ3n) is 3.45. The molecule has 2 nitrogen and oxygen atoms in total. The molecule has 84 valence electrons. The molecular formula is C12H25NO. The maximum Gasteiger partial charge on any atom is 0.0469 e. The van der Waals surface area contributed by atoms with Gasteiger partial charge in [-0.15, -0.1) is 0 Å². The van der Waals surface area contributed by atoms with E-state index in [0.29, 0.717) is 0 Å². The van der Waals surface area contributed by atoms with Crippen LogP contribution in [0, 0.1) is 11.8 Å². The molecule has 0 bridgehead atoms. The summed E-state index contributed by atoms with van der Waals surface area (Å²) in [6, 6.07) is 0.728. The van der Waals surface area contributed by atoms with E-state index in [2.05, 4.69) is 26.2 Å². The molecule has 2 heteroatoms. The van der Waals surface area contributed by atoms with Crippen molar-refractivity contribution >= 4 is 0 Å². The van der Waals surface area contributed by atoms with Crippen LogP contribution in [-0.2, 0) is 4.74 Å². The van der Waals surface area contributed by atoms with Crippen LogP contribution >= 0.6 is 0 Å². The van der Waals surface area contributed by atoms with Gasteiger partial charge in [0, 0.05) is 19.3 Å². The average Bonchev–Trinajstić information content (AvgIpc) is 2.19. The van der Waals surface area contributed by atoms with Crippen molar-refractivity contribution in [1.82, 2.24) is 5.32 Å². The Labute approximate surface area is 88.4 Å². The van der Waals surface area contributed by atoms with E-state index in [1.165, 1.54) is 25.7 Å². The molecule has 0 aromatic heterocycles. The Morgan fingerprint density at radius 1 is 1.36 bits per heavy atom. The molecule has 0 heterocycles. The highest BCUT2D eigenvalue weighted by molar-refractivity contribution is 4.82. The molecule has 0 aliphatic heterocycles. The van der Waals surface area contributed by atoms with Crippen LogP contribution < -0.4 is 5.32 Å². The van der Waals surface area contributed by atoms with Gasteiger partial charge in [-0.2, -0.15) is 0 Å². The number of hydrogen-bond donors (Lipinski definition) is 1. The number of rotatable bonds is 5. The predicted molar refractivity (Wildman–Crippen MR) is 60.5 cm³/mol. The van der Waals surface area contributed by atoms with Crippen LogP contribution in [0.1, 0.15) is 39.5 Å². The maximum atomic E-state index is 5.44.